The molecule has 2 N–H and O–H groups in total. The number of aliphatic hydroxyl groups excluding tert-OH is 1. The molecule has 0 aromatic rings. The predicted octanol–water partition coefficient (Wildman–Crippen LogP) is -0.937. The lowest BCUT2D eigenvalue weighted by Crippen LogP contribution is -2.43. The third kappa shape index (κ3) is 7.98. The average molecular weight is 305 g/mol. The summed E-state index contributed by atoms with van der Waals surface area (Å²) in [5.74, 6) is -0.860. The predicted molar refractivity (Wildman–Crippen MR) is 70.5 cm³/mol. The van der Waals surface area contributed by atoms with Crippen LogP contribution in [0.25, 0.3) is 0 Å². The van der Waals surface area contributed by atoms with Gasteiger partial charge in [0.1, 0.15) is 9.84 Å². The quantitative estimate of drug-likeness (QED) is 0.600. The highest BCUT2D eigenvalue weighted by atomic mass is 32.2. The van der Waals surface area contributed by atoms with Crippen LogP contribution in [0.15, 0.2) is 0 Å². The van der Waals surface area contributed by atoms with E-state index in [4.69, 9.17) is 5.11 Å². The van der Waals surface area contributed by atoms with Gasteiger partial charge in [0.15, 0.2) is 0 Å². The molecule has 0 radical (unpaired) electrons. The van der Waals surface area contributed by atoms with Crippen molar-refractivity contribution in [3.63, 3.8) is 0 Å². The zero-order valence-corrected chi connectivity index (χ0v) is 12.5. The number of nitrogens with one attached hydrogen (secondary N) is 1. The van der Waals surface area contributed by atoms with Crippen molar-refractivity contribution < 1.29 is 21.9 Å². The third-order valence-corrected chi connectivity index (χ3v) is 5.97. The van der Waals surface area contributed by atoms with Gasteiger partial charge in [-0.3, -0.25) is 0 Å². The molecule has 0 aliphatic heterocycles. The molecule has 104 valence electrons. The molecule has 0 amide bonds. The van der Waals surface area contributed by atoms with E-state index >= 15 is 0 Å². The summed E-state index contributed by atoms with van der Waals surface area (Å²) < 4.78 is 47.2. The molecule has 9 heteroatoms. The van der Waals surface area contributed by atoms with Gasteiger partial charge in [-0.15, -0.1) is 0 Å². The molecule has 0 heterocycles. The molecule has 0 saturated carbocycles. The van der Waals surface area contributed by atoms with Crippen molar-refractivity contribution in [3.05, 3.63) is 0 Å². The number of hydrogen-bond acceptors (Lipinski definition) is 6. The van der Waals surface area contributed by atoms with Gasteiger partial charge in [0.25, 0.3) is 0 Å². The number of thioether (sulfide) groups is 1. The first kappa shape index (κ1) is 17.2. The first-order valence-corrected chi connectivity index (χ1v) is 9.92. The Morgan fingerprint density at radius 2 is 1.76 bits per heavy atom. The fourth-order valence-electron chi connectivity index (χ4n) is 1.12. The Labute approximate surface area is 107 Å². The van der Waals surface area contributed by atoms with Crippen molar-refractivity contribution in [2.45, 2.75) is 18.2 Å². The maximum atomic E-state index is 11.6. The van der Waals surface area contributed by atoms with E-state index in [1.165, 1.54) is 11.8 Å². The number of sulfonamides is 1. The lowest BCUT2D eigenvalue weighted by Gasteiger charge is -2.21. The second kappa shape index (κ2) is 6.93. The number of sulfone groups is 1. The van der Waals surface area contributed by atoms with Gasteiger partial charge < -0.3 is 5.11 Å². The lowest BCUT2D eigenvalue weighted by atomic mass is 10.3. The Kier molecular flexibility index (Phi) is 7.00. The van der Waals surface area contributed by atoms with Crippen LogP contribution in [0, 0.1) is 0 Å². The third-order valence-electron chi connectivity index (χ3n) is 2.13. The maximum absolute atomic E-state index is 11.6. The van der Waals surface area contributed by atoms with Crippen molar-refractivity contribution >= 4 is 31.6 Å². The maximum Gasteiger partial charge on any atom is 0.212 e. The molecule has 0 aromatic carbocycles. The van der Waals surface area contributed by atoms with Crippen LogP contribution in [0.5, 0.6) is 0 Å². The number of rotatable bonds is 8. The van der Waals surface area contributed by atoms with Crippen LogP contribution < -0.4 is 4.72 Å². The monoisotopic (exact) mass is 305 g/mol. The van der Waals surface area contributed by atoms with Crippen LogP contribution >= 0.6 is 11.8 Å². The fourth-order valence-corrected chi connectivity index (χ4v) is 4.76. The first-order valence-electron chi connectivity index (χ1n) is 4.92. The summed E-state index contributed by atoms with van der Waals surface area (Å²) in [6.45, 7) is 1.49. The number of hydrogen-bond donors (Lipinski definition) is 2. The molecule has 17 heavy (non-hydrogen) atoms. The fraction of sp³-hybridized carbons (Fsp3) is 1.00. The van der Waals surface area contributed by atoms with Crippen molar-refractivity contribution in [1.29, 1.82) is 0 Å². The van der Waals surface area contributed by atoms with Crippen molar-refractivity contribution in [2.75, 3.05) is 30.6 Å². The average Bonchev–Trinajstić information content (AvgIpc) is 2.15. The summed E-state index contributed by atoms with van der Waals surface area (Å²) in [6, 6.07) is -0.445. The standard InChI is InChI=1S/C8H19NO5S3/c1-7(8(6-10)15-2)9-17(13,14)5-4-16(3,11)12/h7-10H,4-6H2,1-3H3. The molecule has 6 nitrogen and oxygen atoms in total. The van der Waals surface area contributed by atoms with Crippen molar-refractivity contribution in [2.24, 2.45) is 0 Å². The second-order valence-corrected chi connectivity index (χ2v) is 9.02. The normalized spacial score (nSPS) is 16.7. The molecule has 0 aromatic heterocycles. The first-order chi connectivity index (χ1) is 7.61. The van der Waals surface area contributed by atoms with E-state index in [1.807, 2.05) is 0 Å². The Morgan fingerprint density at radius 1 is 1.24 bits per heavy atom. The van der Waals surface area contributed by atoms with Crippen LogP contribution in [0.1, 0.15) is 6.92 Å². The molecule has 0 saturated heterocycles. The van der Waals surface area contributed by atoms with Gasteiger partial charge in [0.05, 0.1) is 18.1 Å². The summed E-state index contributed by atoms with van der Waals surface area (Å²) >= 11 is 1.35. The molecule has 0 aliphatic carbocycles. The zero-order chi connectivity index (χ0) is 13.7. The molecule has 2 unspecified atom stereocenters. The Balaban J connectivity index is 4.45. The summed E-state index contributed by atoms with van der Waals surface area (Å²) in [5.41, 5.74) is 0. The van der Waals surface area contributed by atoms with Gasteiger partial charge >= 0.3 is 0 Å². The van der Waals surface area contributed by atoms with E-state index in [9.17, 15) is 16.8 Å². The van der Waals surface area contributed by atoms with E-state index < -0.39 is 37.4 Å². The van der Waals surface area contributed by atoms with E-state index in [0.717, 1.165) is 6.26 Å². The largest absolute Gasteiger partial charge is 0.395 e. The molecule has 0 rings (SSSR count). The minimum absolute atomic E-state index is 0.142. The van der Waals surface area contributed by atoms with Gasteiger partial charge in [0, 0.05) is 17.5 Å². The summed E-state index contributed by atoms with van der Waals surface area (Å²) in [5, 5.41) is 8.75. The Morgan fingerprint density at radius 3 is 2.12 bits per heavy atom. The molecule has 0 fully saturated rings. The molecular formula is C8H19NO5S3. The Bertz CT molecular complexity index is 412. The van der Waals surface area contributed by atoms with Crippen molar-refractivity contribution in [3.8, 4) is 0 Å². The summed E-state index contributed by atoms with van der Waals surface area (Å²) in [4.78, 5) is 0. The minimum Gasteiger partial charge on any atom is -0.395 e. The zero-order valence-electron chi connectivity index (χ0n) is 10.1. The highest BCUT2D eigenvalue weighted by Crippen LogP contribution is 2.11. The molecule has 2 atom stereocenters. The molecule has 0 aliphatic rings. The lowest BCUT2D eigenvalue weighted by molar-refractivity contribution is 0.282. The number of aliphatic hydroxyl groups is 1. The molecule has 0 spiro atoms. The van der Waals surface area contributed by atoms with Gasteiger partial charge in [-0.05, 0) is 13.2 Å². The van der Waals surface area contributed by atoms with Crippen LogP contribution in [-0.2, 0) is 19.9 Å². The molecule has 0 bridgehead atoms. The second-order valence-electron chi connectivity index (χ2n) is 3.81. The van der Waals surface area contributed by atoms with Crippen LogP contribution in [0.3, 0.4) is 0 Å². The van der Waals surface area contributed by atoms with E-state index in [1.54, 1.807) is 13.2 Å². The smallest absolute Gasteiger partial charge is 0.212 e. The summed E-state index contributed by atoms with van der Waals surface area (Å²) in [6.07, 6.45) is 2.76. The highest BCUT2D eigenvalue weighted by molar-refractivity contribution is 7.99. The minimum atomic E-state index is -3.63. The Hall–Kier alpha value is 0.170. The highest BCUT2D eigenvalue weighted by Gasteiger charge is 2.22. The van der Waals surface area contributed by atoms with Gasteiger partial charge in [-0.2, -0.15) is 11.8 Å². The topological polar surface area (TPSA) is 101 Å². The van der Waals surface area contributed by atoms with Crippen LogP contribution in [-0.4, -0.2) is 63.9 Å². The van der Waals surface area contributed by atoms with E-state index in [-0.39, 0.29) is 11.9 Å². The van der Waals surface area contributed by atoms with Crippen LogP contribution in [0.4, 0.5) is 0 Å². The van der Waals surface area contributed by atoms with Gasteiger partial charge in [0.2, 0.25) is 10.0 Å². The molecular weight excluding hydrogens is 286 g/mol. The SMILES string of the molecule is CSC(CO)C(C)NS(=O)(=O)CCS(C)(=O)=O. The van der Waals surface area contributed by atoms with Gasteiger partial charge in [-0.1, -0.05) is 0 Å². The van der Waals surface area contributed by atoms with E-state index in [0.29, 0.717) is 0 Å². The van der Waals surface area contributed by atoms with Crippen molar-refractivity contribution in [1.82, 2.24) is 4.72 Å². The van der Waals surface area contributed by atoms with Crippen LogP contribution in [0.2, 0.25) is 0 Å². The van der Waals surface area contributed by atoms with Gasteiger partial charge in [-0.25, -0.2) is 21.6 Å². The summed E-state index contributed by atoms with van der Waals surface area (Å²) in [7, 11) is -6.93. The van der Waals surface area contributed by atoms with E-state index in [2.05, 4.69) is 4.72 Å².